The van der Waals surface area contributed by atoms with Crippen LogP contribution in [0.15, 0.2) is 18.2 Å². The van der Waals surface area contributed by atoms with Crippen LogP contribution in [0.2, 0.25) is 0 Å². The minimum Gasteiger partial charge on any atom is -0.314 e. The molecular weight excluding hydrogens is 390 g/mol. The molecule has 5 heteroatoms. The van der Waals surface area contributed by atoms with Crippen molar-refractivity contribution in [3.63, 3.8) is 0 Å². The number of halogens is 3. The third kappa shape index (κ3) is 3.46. The van der Waals surface area contributed by atoms with Crippen molar-refractivity contribution in [2.24, 2.45) is 5.92 Å². The van der Waals surface area contributed by atoms with Crippen LogP contribution in [0.3, 0.4) is 0 Å². The van der Waals surface area contributed by atoms with Crippen molar-refractivity contribution in [2.75, 3.05) is 26.2 Å². The molecule has 0 radical (unpaired) electrons. The van der Waals surface area contributed by atoms with Crippen LogP contribution in [0.5, 0.6) is 0 Å². The molecule has 1 saturated carbocycles. The van der Waals surface area contributed by atoms with E-state index in [-0.39, 0.29) is 24.3 Å². The molecule has 112 valence electrons. The van der Waals surface area contributed by atoms with Gasteiger partial charge in [-0.25, -0.2) is 4.39 Å². The monoisotopic (exact) mass is 410 g/mol. The Morgan fingerprint density at radius 1 is 1.25 bits per heavy atom. The zero-order valence-corrected chi connectivity index (χ0v) is 14.4. The van der Waals surface area contributed by atoms with E-state index >= 15 is 0 Å². The summed E-state index contributed by atoms with van der Waals surface area (Å²) < 4.78 is 15.4. The molecule has 2 fully saturated rings. The summed E-state index contributed by atoms with van der Waals surface area (Å²) in [6.07, 6.45) is 3.80. The number of nitrogens with zero attached hydrogens (tertiary/aromatic N) is 1. The van der Waals surface area contributed by atoms with Gasteiger partial charge in [0, 0.05) is 41.4 Å². The molecule has 0 aromatic heterocycles. The first kappa shape index (κ1) is 16.5. The Bertz CT molecular complexity index is 447. The molecule has 1 aromatic carbocycles. The number of benzene rings is 1. The first-order valence-corrected chi connectivity index (χ1v) is 8.23. The second-order valence-electron chi connectivity index (χ2n) is 5.59. The second-order valence-corrected chi connectivity index (χ2v) is 6.83. The van der Waals surface area contributed by atoms with Crippen molar-refractivity contribution in [1.29, 1.82) is 0 Å². The van der Waals surface area contributed by atoms with Crippen molar-refractivity contribution in [3.05, 3.63) is 33.1 Å². The van der Waals surface area contributed by atoms with Crippen LogP contribution in [-0.2, 0) is 0 Å². The first-order valence-electron chi connectivity index (χ1n) is 7.15. The van der Waals surface area contributed by atoms with Crippen molar-refractivity contribution in [1.82, 2.24) is 10.2 Å². The van der Waals surface area contributed by atoms with Gasteiger partial charge in [0.25, 0.3) is 0 Å². The predicted molar refractivity (Wildman–Crippen MR) is 90.9 cm³/mol. The average molecular weight is 411 g/mol. The van der Waals surface area contributed by atoms with E-state index in [1.807, 2.05) is 12.1 Å². The van der Waals surface area contributed by atoms with Crippen LogP contribution in [0.25, 0.3) is 0 Å². The summed E-state index contributed by atoms with van der Waals surface area (Å²) >= 11 is 2.28. The molecule has 1 atom stereocenters. The van der Waals surface area contributed by atoms with Gasteiger partial charge in [0.1, 0.15) is 5.82 Å². The van der Waals surface area contributed by atoms with Crippen molar-refractivity contribution < 1.29 is 4.39 Å². The molecule has 2 nitrogen and oxygen atoms in total. The third-order valence-corrected chi connectivity index (χ3v) is 5.09. The lowest BCUT2D eigenvalue weighted by molar-refractivity contribution is 0.0811. The van der Waals surface area contributed by atoms with Gasteiger partial charge in [-0.3, -0.25) is 4.90 Å². The van der Waals surface area contributed by atoms with E-state index in [1.165, 1.54) is 19.3 Å². The Hall–Kier alpha value is 0.0900. The fourth-order valence-electron chi connectivity index (χ4n) is 3.21. The van der Waals surface area contributed by atoms with Gasteiger partial charge in [-0.15, -0.1) is 12.4 Å². The highest BCUT2D eigenvalue weighted by molar-refractivity contribution is 14.1. The smallest absolute Gasteiger partial charge is 0.128 e. The number of nitrogens with one attached hydrogen (secondary N) is 1. The molecule has 3 rings (SSSR count). The average Bonchev–Trinajstić information content (AvgIpc) is 2.38. The molecule has 1 aliphatic heterocycles. The highest BCUT2D eigenvalue weighted by Crippen LogP contribution is 2.42. The highest BCUT2D eigenvalue weighted by Gasteiger charge is 2.35. The highest BCUT2D eigenvalue weighted by atomic mass is 127. The van der Waals surface area contributed by atoms with E-state index in [4.69, 9.17) is 0 Å². The Morgan fingerprint density at radius 3 is 2.55 bits per heavy atom. The summed E-state index contributed by atoms with van der Waals surface area (Å²) in [7, 11) is 0. The van der Waals surface area contributed by atoms with E-state index in [0.29, 0.717) is 5.92 Å². The van der Waals surface area contributed by atoms with Gasteiger partial charge in [-0.2, -0.15) is 0 Å². The zero-order chi connectivity index (χ0) is 13.2. The third-order valence-electron chi connectivity index (χ3n) is 4.42. The van der Waals surface area contributed by atoms with Crippen LogP contribution in [0.1, 0.15) is 30.9 Å². The van der Waals surface area contributed by atoms with E-state index < -0.39 is 0 Å². The van der Waals surface area contributed by atoms with Crippen LogP contribution in [0, 0.1) is 15.3 Å². The summed E-state index contributed by atoms with van der Waals surface area (Å²) in [4.78, 5) is 2.48. The fraction of sp³-hybridized carbons (Fsp3) is 0.600. The maximum Gasteiger partial charge on any atom is 0.128 e. The number of hydrogen-bond donors (Lipinski definition) is 1. The molecule has 1 N–H and O–H groups in total. The Balaban J connectivity index is 0.00000147. The van der Waals surface area contributed by atoms with Crippen LogP contribution in [-0.4, -0.2) is 31.1 Å². The van der Waals surface area contributed by atoms with Gasteiger partial charge in [-0.05, 0) is 59.5 Å². The Kier molecular flexibility index (Phi) is 6.08. The van der Waals surface area contributed by atoms with E-state index in [0.717, 1.165) is 35.3 Å². The summed E-state index contributed by atoms with van der Waals surface area (Å²) in [5.41, 5.74) is 0.915. The molecule has 1 aliphatic carbocycles. The van der Waals surface area contributed by atoms with E-state index in [2.05, 4.69) is 32.8 Å². The quantitative estimate of drug-likeness (QED) is 0.766. The summed E-state index contributed by atoms with van der Waals surface area (Å²) in [6.45, 7) is 4.11. The predicted octanol–water partition coefficient (Wildman–Crippen LogP) is 3.60. The molecule has 0 bridgehead atoms. The number of hydrogen-bond acceptors (Lipinski definition) is 2. The molecule has 1 aromatic rings. The van der Waals surface area contributed by atoms with Gasteiger partial charge in [0.15, 0.2) is 0 Å². The Morgan fingerprint density at radius 2 is 1.95 bits per heavy atom. The van der Waals surface area contributed by atoms with Crippen LogP contribution < -0.4 is 5.32 Å². The fourth-order valence-corrected chi connectivity index (χ4v) is 3.72. The lowest BCUT2D eigenvalue weighted by Crippen LogP contribution is -2.48. The van der Waals surface area contributed by atoms with Crippen molar-refractivity contribution in [2.45, 2.75) is 25.3 Å². The maximum absolute atomic E-state index is 14.2. The van der Waals surface area contributed by atoms with Gasteiger partial charge in [0.05, 0.1) is 0 Å². The minimum absolute atomic E-state index is 0. The zero-order valence-electron chi connectivity index (χ0n) is 11.4. The van der Waals surface area contributed by atoms with Crippen LogP contribution >= 0.6 is 35.0 Å². The molecular formula is C15H21ClFIN2. The molecule has 0 spiro atoms. The van der Waals surface area contributed by atoms with Gasteiger partial charge in [-0.1, -0.05) is 6.42 Å². The van der Waals surface area contributed by atoms with Gasteiger partial charge in [0.2, 0.25) is 0 Å². The van der Waals surface area contributed by atoms with Crippen LogP contribution in [0.4, 0.5) is 4.39 Å². The SMILES string of the molecule is Cl.Fc1ccc(I)cc1[C@@H](C1CCC1)N1CCNCC1. The van der Waals surface area contributed by atoms with Gasteiger partial charge >= 0.3 is 0 Å². The summed E-state index contributed by atoms with van der Waals surface area (Å²) in [6, 6.07) is 5.81. The molecule has 20 heavy (non-hydrogen) atoms. The lowest BCUT2D eigenvalue weighted by Gasteiger charge is -2.43. The normalized spacial score (nSPS) is 21.9. The molecule has 0 amide bonds. The number of piperazine rings is 1. The molecule has 1 heterocycles. The van der Waals surface area contributed by atoms with E-state index in [1.54, 1.807) is 6.07 Å². The molecule has 0 unspecified atom stereocenters. The summed E-state index contributed by atoms with van der Waals surface area (Å²) in [5, 5.41) is 3.39. The first-order chi connectivity index (χ1) is 9.25. The minimum atomic E-state index is -0.0316. The second kappa shape index (κ2) is 7.38. The lowest BCUT2D eigenvalue weighted by atomic mass is 9.76. The Labute approximate surface area is 140 Å². The molecule has 2 aliphatic rings. The van der Waals surface area contributed by atoms with Crippen molar-refractivity contribution in [3.8, 4) is 0 Å². The van der Waals surface area contributed by atoms with Gasteiger partial charge < -0.3 is 5.32 Å². The largest absolute Gasteiger partial charge is 0.314 e. The molecule has 1 saturated heterocycles. The standard InChI is InChI=1S/C15H20FIN2.ClH/c16-14-5-4-12(17)10-13(14)15(11-2-1-3-11)19-8-6-18-7-9-19;/h4-5,10-11,15,18H,1-3,6-9H2;1H/t15-;/m1./s1. The topological polar surface area (TPSA) is 15.3 Å². The van der Waals surface area contributed by atoms with E-state index in [9.17, 15) is 4.39 Å². The van der Waals surface area contributed by atoms with Crippen molar-refractivity contribution >= 4 is 35.0 Å². The number of rotatable bonds is 3. The maximum atomic E-state index is 14.2. The summed E-state index contributed by atoms with van der Waals surface area (Å²) in [5.74, 6) is 0.613.